The third kappa shape index (κ3) is 10.3. The van der Waals surface area contributed by atoms with Crippen LogP contribution in [-0.2, 0) is 19.1 Å². The lowest BCUT2D eigenvalue weighted by Gasteiger charge is -2.25. The molecular weight excluding hydrogens is 300 g/mol. The fourth-order valence-corrected chi connectivity index (χ4v) is 1.53. The van der Waals surface area contributed by atoms with Crippen molar-refractivity contribution < 1.29 is 23.9 Å². The zero-order chi connectivity index (χ0) is 18.0. The standard InChI is InChI=1S/C16H28N2O5/c1-7-8-9-22-12(19)10-17-14(20)13(11(2)3)18-15(21)23-16(4,5)6/h7-8,11,13H,9-10H2,1-6H3,(H,17,20)(H,18,21)/b8-7+. The Labute approximate surface area is 137 Å². The largest absolute Gasteiger partial charge is 0.460 e. The molecule has 1 atom stereocenters. The van der Waals surface area contributed by atoms with Crippen LogP contribution in [0.5, 0.6) is 0 Å². The number of nitrogens with one attached hydrogen (secondary N) is 2. The summed E-state index contributed by atoms with van der Waals surface area (Å²) in [6.45, 7) is 10.5. The smallest absolute Gasteiger partial charge is 0.408 e. The van der Waals surface area contributed by atoms with E-state index in [4.69, 9.17) is 9.47 Å². The van der Waals surface area contributed by atoms with E-state index < -0.39 is 29.6 Å². The summed E-state index contributed by atoms with van der Waals surface area (Å²) in [5, 5.41) is 4.96. The molecule has 2 N–H and O–H groups in total. The third-order valence-electron chi connectivity index (χ3n) is 2.60. The molecule has 23 heavy (non-hydrogen) atoms. The summed E-state index contributed by atoms with van der Waals surface area (Å²) in [5.41, 5.74) is -0.654. The molecule has 0 aromatic rings. The lowest BCUT2D eigenvalue weighted by molar-refractivity contribution is -0.143. The average Bonchev–Trinajstić information content (AvgIpc) is 2.40. The molecule has 0 aromatic heterocycles. The van der Waals surface area contributed by atoms with Gasteiger partial charge < -0.3 is 20.1 Å². The van der Waals surface area contributed by atoms with Crippen molar-refractivity contribution in [2.45, 2.75) is 53.2 Å². The third-order valence-corrected chi connectivity index (χ3v) is 2.60. The van der Waals surface area contributed by atoms with Crippen LogP contribution in [0.3, 0.4) is 0 Å². The Kier molecular flexibility index (Phi) is 8.98. The molecule has 7 heteroatoms. The highest BCUT2D eigenvalue weighted by molar-refractivity contribution is 5.88. The number of alkyl carbamates (subject to hydrolysis) is 1. The van der Waals surface area contributed by atoms with Gasteiger partial charge in [0.2, 0.25) is 5.91 Å². The number of esters is 1. The average molecular weight is 328 g/mol. The molecule has 0 aliphatic carbocycles. The molecule has 0 aliphatic rings. The maximum atomic E-state index is 12.1. The monoisotopic (exact) mass is 328 g/mol. The Hall–Kier alpha value is -2.05. The summed E-state index contributed by atoms with van der Waals surface area (Å²) in [4.78, 5) is 35.3. The van der Waals surface area contributed by atoms with E-state index in [0.29, 0.717) is 0 Å². The van der Waals surface area contributed by atoms with E-state index in [1.165, 1.54) is 0 Å². The van der Waals surface area contributed by atoms with Gasteiger partial charge in [-0.2, -0.15) is 0 Å². The Morgan fingerprint density at radius 3 is 2.26 bits per heavy atom. The summed E-state index contributed by atoms with van der Waals surface area (Å²) < 4.78 is 10.00. The van der Waals surface area contributed by atoms with Crippen LogP contribution >= 0.6 is 0 Å². The highest BCUT2D eigenvalue weighted by Crippen LogP contribution is 2.08. The molecule has 0 fully saturated rings. The van der Waals surface area contributed by atoms with Crippen molar-refractivity contribution in [2.75, 3.05) is 13.2 Å². The van der Waals surface area contributed by atoms with E-state index >= 15 is 0 Å². The van der Waals surface area contributed by atoms with Crippen LogP contribution < -0.4 is 10.6 Å². The molecule has 132 valence electrons. The quantitative estimate of drug-likeness (QED) is 0.549. The van der Waals surface area contributed by atoms with Gasteiger partial charge in [0.05, 0.1) is 0 Å². The topological polar surface area (TPSA) is 93.7 Å². The predicted octanol–water partition coefficient (Wildman–Crippen LogP) is 1.77. The fraction of sp³-hybridized carbons (Fsp3) is 0.688. The van der Waals surface area contributed by atoms with E-state index in [-0.39, 0.29) is 19.1 Å². The predicted molar refractivity (Wildman–Crippen MR) is 86.8 cm³/mol. The van der Waals surface area contributed by atoms with Crippen molar-refractivity contribution in [3.8, 4) is 0 Å². The number of amides is 2. The highest BCUT2D eigenvalue weighted by atomic mass is 16.6. The second-order valence-corrected chi connectivity index (χ2v) is 6.34. The van der Waals surface area contributed by atoms with Gasteiger partial charge in [-0.25, -0.2) is 4.79 Å². The maximum Gasteiger partial charge on any atom is 0.408 e. The van der Waals surface area contributed by atoms with Crippen molar-refractivity contribution >= 4 is 18.0 Å². The zero-order valence-corrected chi connectivity index (χ0v) is 14.8. The van der Waals surface area contributed by atoms with Gasteiger partial charge in [0, 0.05) is 0 Å². The van der Waals surface area contributed by atoms with Gasteiger partial charge >= 0.3 is 12.1 Å². The molecule has 0 bridgehead atoms. The van der Waals surface area contributed by atoms with E-state index in [1.807, 2.05) is 6.92 Å². The molecule has 1 unspecified atom stereocenters. The minimum Gasteiger partial charge on any atom is -0.460 e. The van der Waals surface area contributed by atoms with Gasteiger partial charge in [-0.3, -0.25) is 9.59 Å². The molecule has 7 nitrogen and oxygen atoms in total. The van der Waals surface area contributed by atoms with Crippen molar-refractivity contribution in [2.24, 2.45) is 5.92 Å². The van der Waals surface area contributed by atoms with E-state index in [1.54, 1.807) is 46.8 Å². The molecule has 0 aromatic carbocycles. The molecule has 0 saturated heterocycles. The van der Waals surface area contributed by atoms with Crippen LogP contribution in [-0.4, -0.2) is 42.8 Å². The van der Waals surface area contributed by atoms with Crippen LogP contribution in [0.2, 0.25) is 0 Å². The van der Waals surface area contributed by atoms with E-state index in [0.717, 1.165) is 0 Å². The molecular formula is C16H28N2O5. The second-order valence-electron chi connectivity index (χ2n) is 6.34. The second kappa shape index (κ2) is 9.86. The van der Waals surface area contributed by atoms with Gasteiger partial charge in [0.15, 0.2) is 0 Å². The SMILES string of the molecule is C/C=C/COC(=O)CNC(=O)C(NC(=O)OC(C)(C)C)C(C)C. The highest BCUT2D eigenvalue weighted by Gasteiger charge is 2.27. The van der Waals surface area contributed by atoms with Crippen LogP contribution in [0.25, 0.3) is 0 Å². The van der Waals surface area contributed by atoms with Crippen LogP contribution in [0, 0.1) is 5.92 Å². The van der Waals surface area contributed by atoms with Crippen molar-refractivity contribution in [3.05, 3.63) is 12.2 Å². The number of hydrogen-bond acceptors (Lipinski definition) is 5. The van der Waals surface area contributed by atoms with Crippen LogP contribution in [0.15, 0.2) is 12.2 Å². The zero-order valence-electron chi connectivity index (χ0n) is 14.8. The van der Waals surface area contributed by atoms with Crippen molar-refractivity contribution in [1.29, 1.82) is 0 Å². The first-order chi connectivity index (χ1) is 10.6. The minimum absolute atomic E-state index is 0.162. The fourth-order valence-electron chi connectivity index (χ4n) is 1.53. The maximum absolute atomic E-state index is 12.1. The minimum atomic E-state index is -0.798. The van der Waals surface area contributed by atoms with Gasteiger partial charge in [-0.15, -0.1) is 0 Å². The number of carbonyl (C=O) groups excluding carboxylic acids is 3. The summed E-state index contributed by atoms with van der Waals surface area (Å²) in [6.07, 6.45) is 2.76. The number of carbonyl (C=O) groups is 3. The number of rotatable bonds is 7. The number of ether oxygens (including phenoxy) is 2. The Bertz CT molecular complexity index is 438. The lowest BCUT2D eigenvalue weighted by Crippen LogP contribution is -2.51. The van der Waals surface area contributed by atoms with Gasteiger partial charge in [0.1, 0.15) is 24.8 Å². The molecule has 0 rings (SSSR count). The summed E-state index contributed by atoms with van der Waals surface area (Å²) >= 11 is 0. The number of hydrogen-bond donors (Lipinski definition) is 2. The lowest BCUT2D eigenvalue weighted by atomic mass is 10.0. The van der Waals surface area contributed by atoms with E-state index in [2.05, 4.69) is 10.6 Å². The first-order valence-electron chi connectivity index (χ1n) is 7.60. The number of allylic oxidation sites excluding steroid dienone is 1. The van der Waals surface area contributed by atoms with Crippen LogP contribution in [0.1, 0.15) is 41.5 Å². The molecule has 2 amide bonds. The van der Waals surface area contributed by atoms with Crippen molar-refractivity contribution in [1.82, 2.24) is 10.6 Å². The Morgan fingerprint density at radius 2 is 1.78 bits per heavy atom. The molecule has 0 spiro atoms. The first-order valence-corrected chi connectivity index (χ1v) is 7.60. The molecule has 0 aliphatic heterocycles. The normalized spacial score (nSPS) is 12.8. The van der Waals surface area contributed by atoms with Crippen molar-refractivity contribution in [3.63, 3.8) is 0 Å². The van der Waals surface area contributed by atoms with E-state index in [9.17, 15) is 14.4 Å². The van der Waals surface area contributed by atoms with Gasteiger partial charge in [-0.05, 0) is 33.6 Å². The molecule has 0 radical (unpaired) electrons. The first kappa shape index (κ1) is 20.9. The van der Waals surface area contributed by atoms with Gasteiger partial charge in [-0.1, -0.05) is 26.0 Å². The van der Waals surface area contributed by atoms with Crippen LogP contribution in [0.4, 0.5) is 4.79 Å². The summed E-state index contributed by atoms with van der Waals surface area (Å²) in [7, 11) is 0. The summed E-state index contributed by atoms with van der Waals surface area (Å²) in [6, 6.07) is -0.798. The van der Waals surface area contributed by atoms with Gasteiger partial charge in [0.25, 0.3) is 0 Å². The summed E-state index contributed by atoms with van der Waals surface area (Å²) in [5.74, 6) is -1.17. The Balaban J connectivity index is 4.46. The molecule has 0 saturated carbocycles. The Morgan fingerprint density at radius 1 is 1.17 bits per heavy atom. The molecule has 0 heterocycles.